The minimum absolute atomic E-state index is 0.198. The average molecular weight is 329 g/mol. The van der Waals surface area contributed by atoms with Crippen LogP contribution < -0.4 is 10.2 Å². The fourth-order valence-corrected chi connectivity index (χ4v) is 2.52. The van der Waals surface area contributed by atoms with Gasteiger partial charge in [-0.25, -0.2) is 9.18 Å². The fourth-order valence-electron chi connectivity index (χ4n) is 2.52. The van der Waals surface area contributed by atoms with Gasteiger partial charge in [-0.1, -0.05) is 6.07 Å². The smallest absolute Gasteiger partial charge is 0.414 e. The van der Waals surface area contributed by atoms with Crippen molar-refractivity contribution in [2.45, 2.75) is 13.0 Å². The number of hydrogen-bond acceptors (Lipinski definition) is 4. The van der Waals surface area contributed by atoms with E-state index in [9.17, 15) is 14.0 Å². The number of hydrogen-bond donors (Lipinski definition) is 1. The van der Waals surface area contributed by atoms with Crippen LogP contribution in [0.3, 0.4) is 0 Å². The molecule has 0 saturated carbocycles. The minimum Gasteiger partial charge on any atom is -0.442 e. The highest BCUT2D eigenvalue weighted by Crippen LogP contribution is 2.28. The highest BCUT2D eigenvalue weighted by Gasteiger charge is 2.32. The van der Waals surface area contributed by atoms with Crippen molar-refractivity contribution in [1.82, 2.24) is 10.3 Å². The third-order valence-corrected chi connectivity index (χ3v) is 3.69. The van der Waals surface area contributed by atoms with Crippen molar-refractivity contribution >= 4 is 17.7 Å². The first-order valence-corrected chi connectivity index (χ1v) is 7.47. The SMILES string of the molecule is CC(=O)NCC1CN(c2ccc(-c3cccnc3)c(F)c2)C(=O)O1. The van der Waals surface area contributed by atoms with Gasteiger partial charge in [0.25, 0.3) is 0 Å². The molecule has 7 heteroatoms. The van der Waals surface area contributed by atoms with Crippen LogP contribution in [0, 0.1) is 5.82 Å². The van der Waals surface area contributed by atoms with Crippen LogP contribution in [0.5, 0.6) is 0 Å². The molecule has 0 aliphatic carbocycles. The van der Waals surface area contributed by atoms with Crippen LogP contribution in [0.25, 0.3) is 11.1 Å². The number of nitrogens with one attached hydrogen (secondary N) is 1. The lowest BCUT2D eigenvalue weighted by molar-refractivity contribution is -0.119. The van der Waals surface area contributed by atoms with Crippen LogP contribution in [0.1, 0.15) is 6.92 Å². The lowest BCUT2D eigenvalue weighted by Crippen LogP contribution is -2.33. The molecular formula is C17H16FN3O3. The first-order chi connectivity index (χ1) is 11.5. The van der Waals surface area contributed by atoms with Gasteiger partial charge in [0.15, 0.2) is 0 Å². The van der Waals surface area contributed by atoms with Gasteiger partial charge in [-0.15, -0.1) is 0 Å². The Kier molecular flexibility index (Phi) is 4.41. The molecule has 124 valence electrons. The van der Waals surface area contributed by atoms with Crippen molar-refractivity contribution in [3.8, 4) is 11.1 Å². The van der Waals surface area contributed by atoms with E-state index in [1.54, 1.807) is 36.7 Å². The van der Waals surface area contributed by atoms with E-state index in [1.807, 2.05) is 0 Å². The van der Waals surface area contributed by atoms with Crippen LogP contribution in [0.4, 0.5) is 14.9 Å². The summed E-state index contributed by atoms with van der Waals surface area (Å²) in [4.78, 5) is 28.2. The highest BCUT2D eigenvalue weighted by molar-refractivity contribution is 5.90. The number of cyclic esters (lactones) is 1. The predicted octanol–water partition coefficient (Wildman–Crippen LogP) is 2.35. The second-order valence-electron chi connectivity index (χ2n) is 5.46. The van der Waals surface area contributed by atoms with Crippen LogP contribution in [0.15, 0.2) is 42.7 Å². The molecule has 1 fully saturated rings. The maximum atomic E-state index is 14.4. The number of pyridine rings is 1. The van der Waals surface area contributed by atoms with Crippen LogP contribution in [0.2, 0.25) is 0 Å². The molecule has 1 aromatic heterocycles. The molecule has 1 N–H and O–H groups in total. The largest absolute Gasteiger partial charge is 0.442 e. The Morgan fingerprint density at radius 2 is 2.29 bits per heavy atom. The monoisotopic (exact) mass is 329 g/mol. The third-order valence-electron chi connectivity index (χ3n) is 3.69. The summed E-state index contributed by atoms with van der Waals surface area (Å²) in [6.45, 7) is 1.87. The van der Waals surface area contributed by atoms with E-state index in [-0.39, 0.29) is 19.0 Å². The third kappa shape index (κ3) is 3.34. The van der Waals surface area contributed by atoms with Gasteiger partial charge in [0.05, 0.1) is 18.8 Å². The summed E-state index contributed by atoms with van der Waals surface area (Å²) in [7, 11) is 0. The van der Waals surface area contributed by atoms with Gasteiger partial charge in [0.1, 0.15) is 11.9 Å². The molecule has 0 radical (unpaired) electrons. The number of nitrogens with zero attached hydrogens (tertiary/aromatic N) is 2. The first-order valence-electron chi connectivity index (χ1n) is 7.47. The Morgan fingerprint density at radius 1 is 1.46 bits per heavy atom. The van der Waals surface area contributed by atoms with E-state index >= 15 is 0 Å². The summed E-state index contributed by atoms with van der Waals surface area (Å²) in [6, 6.07) is 8.06. The molecule has 24 heavy (non-hydrogen) atoms. The number of anilines is 1. The number of halogens is 1. The number of amides is 2. The minimum atomic E-state index is -0.557. The van der Waals surface area contributed by atoms with E-state index in [0.29, 0.717) is 16.8 Å². The Bertz CT molecular complexity index is 767. The van der Waals surface area contributed by atoms with Gasteiger partial charge in [-0.2, -0.15) is 0 Å². The molecule has 2 amide bonds. The molecule has 1 aromatic carbocycles. The van der Waals surface area contributed by atoms with Gasteiger partial charge in [0.2, 0.25) is 5.91 Å². The van der Waals surface area contributed by atoms with Crippen molar-refractivity contribution in [2.24, 2.45) is 0 Å². The number of aromatic nitrogens is 1. The second-order valence-corrected chi connectivity index (χ2v) is 5.46. The number of carbonyl (C=O) groups excluding carboxylic acids is 2. The van der Waals surface area contributed by atoms with Gasteiger partial charge in [-0.3, -0.25) is 14.7 Å². The van der Waals surface area contributed by atoms with E-state index < -0.39 is 18.0 Å². The zero-order valence-electron chi connectivity index (χ0n) is 13.0. The molecule has 1 unspecified atom stereocenters. The number of ether oxygens (including phenoxy) is 1. The average Bonchev–Trinajstić information content (AvgIpc) is 2.94. The Morgan fingerprint density at radius 3 is 2.96 bits per heavy atom. The molecule has 2 heterocycles. The van der Waals surface area contributed by atoms with Crippen molar-refractivity contribution in [3.63, 3.8) is 0 Å². The van der Waals surface area contributed by atoms with Gasteiger partial charge >= 0.3 is 6.09 Å². The number of carbonyl (C=O) groups is 2. The maximum absolute atomic E-state index is 14.4. The maximum Gasteiger partial charge on any atom is 0.414 e. The zero-order chi connectivity index (χ0) is 17.1. The summed E-state index contributed by atoms with van der Waals surface area (Å²) < 4.78 is 19.6. The van der Waals surface area contributed by atoms with Crippen molar-refractivity contribution < 1.29 is 18.7 Å². The molecule has 1 aliphatic rings. The quantitative estimate of drug-likeness (QED) is 0.935. The van der Waals surface area contributed by atoms with Crippen molar-refractivity contribution in [3.05, 3.63) is 48.5 Å². The van der Waals surface area contributed by atoms with Crippen LogP contribution >= 0.6 is 0 Å². The summed E-state index contributed by atoms with van der Waals surface area (Å²) in [5.41, 5.74) is 1.48. The first kappa shape index (κ1) is 15.9. The Hall–Kier alpha value is -2.96. The van der Waals surface area contributed by atoms with Crippen LogP contribution in [-0.4, -0.2) is 36.2 Å². The topological polar surface area (TPSA) is 71.5 Å². The van der Waals surface area contributed by atoms with E-state index in [4.69, 9.17) is 4.74 Å². The second kappa shape index (κ2) is 6.66. The molecule has 3 rings (SSSR count). The van der Waals surface area contributed by atoms with Gasteiger partial charge in [-0.05, 0) is 24.3 Å². The molecule has 2 aromatic rings. The molecule has 0 bridgehead atoms. The molecular weight excluding hydrogens is 313 g/mol. The van der Waals surface area contributed by atoms with E-state index in [2.05, 4.69) is 10.3 Å². The normalized spacial score (nSPS) is 16.8. The highest BCUT2D eigenvalue weighted by atomic mass is 19.1. The lowest BCUT2D eigenvalue weighted by Gasteiger charge is -2.14. The number of benzene rings is 1. The summed E-state index contributed by atoms with van der Waals surface area (Å²) in [5.74, 6) is -0.644. The standard InChI is InChI=1S/C17H16FN3O3/c1-11(22)20-9-14-10-21(17(23)24-14)13-4-5-15(16(18)7-13)12-3-2-6-19-8-12/h2-8,14H,9-10H2,1H3,(H,20,22). The van der Waals surface area contributed by atoms with E-state index in [1.165, 1.54) is 17.9 Å². The van der Waals surface area contributed by atoms with Crippen molar-refractivity contribution in [2.75, 3.05) is 18.0 Å². The predicted molar refractivity (Wildman–Crippen MR) is 85.9 cm³/mol. The van der Waals surface area contributed by atoms with Crippen molar-refractivity contribution in [1.29, 1.82) is 0 Å². The molecule has 1 saturated heterocycles. The summed E-state index contributed by atoms with van der Waals surface area (Å²) >= 11 is 0. The van der Waals surface area contributed by atoms with Crippen LogP contribution in [-0.2, 0) is 9.53 Å². The Balaban J connectivity index is 1.77. The molecule has 0 spiro atoms. The summed E-state index contributed by atoms with van der Waals surface area (Å²) in [5, 5.41) is 2.60. The Labute approximate surface area is 138 Å². The lowest BCUT2D eigenvalue weighted by atomic mass is 10.1. The zero-order valence-corrected chi connectivity index (χ0v) is 13.0. The van der Waals surface area contributed by atoms with Gasteiger partial charge in [0, 0.05) is 30.4 Å². The van der Waals surface area contributed by atoms with E-state index in [0.717, 1.165) is 0 Å². The molecule has 6 nitrogen and oxygen atoms in total. The molecule has 1 atom stereocenters. The summed E-state index contributed by atoms with van der Waals surface area (Å²) in [6.07, 6.45) is 2.18. The molecule has 1 aliphatic heterocycles. The number of rotatable bonds is 4. The van der Waals surface area contributed by atoms with Gasteiger partial charge < -0.3 is 10.1 Å². The fraction of sp³-hybridized carbons (Fsp3) is 0.235.